The van der Waals surface area contributed by atoms with Crippen LogP contribution in [0.3, 0.4) is 0 Å². The topological polar surface area (TPSA) is 26.0 Å². The third-order valence-electron chi connectivity index (χ3n) is 2.10. The van der Waals surface area contributed by atoms with Crippen molar-refractivity contribution in [3.63, 3.8) is 0 Å². The van der Waals surface area contributed by atoms with Crippen molar-refractivity contribution in [1.82, 2.24) is 4.98 Å². The maximum atomic E-state index is 5.31. The van der Waals surface area contributed by atoms with Crippen LogP contribution in [-0.2, 0) is 0 Å². The highest BCUT2D eigenvalue weighted by Gasteiger charge is 2.10. The largest absolute Gasteiger partial charge is 0.469 e. The van der Waals surface area contributed by atoms with Crippen LogP contribution in [0.1, 0.15) is 24.3 Å². The number of hydrogen-bond donors (Lipinski definition) is 0. The van der Waals surface area contributed by atoms with Crippen LogP contribution in [0.2, 0.25) is 0 Å². The van der Waals surface area contributed by atoms with Gasteiger partial charge in [-0.15, -0.1) is 0 Å². The quantitative estimate of drug-likeness (QED) is 0.698. The molecule has 2 rings (SSSR count). The van der Waals surface area contributed by atoms with Gasteiger partial charge in [-0.05, 0) is 31.2 Å². The van der Waals surface area contributed by atoms with Crippen LogP contribution in [0.5, 0.6) is 0 Å². The molecule has 0 aromatic carbocycles. The highest BCUT2D eigenvalue weighted by atomic mass is 16.3. The van der Waals surface area contributed by atoms with E-state index in [-0.39, 0.29) is 5.92 Å². The maximum absolute atomic E-state index is 5.31. The molecule has 0 radical (unpaired) electrons. The Kier molecular flexibility index (Phi) is 2.13. The minimum Gasteiger partial charge on any atom is -0.469 e. The fourth-order valence-corrected chi connectivity index (χ4v) is 1.32. The fourth-order valence-electron chi connectivity index (χ4n) is 1.32. The molecule has 1 atom stereocenters. The fraction of sp³-hybridized carbons (Fsp3) is 0.182. The molecule has 1 unspecified atom stereocenters. The average Bonchev–Trinajstić information content (AvgIpc) is 2.71. The highest BCUT2D eigenvalue weighted by Crippen LogP contribution is 2.21. The van der Waals surface area contributed by atoms with Crippen molar-refractivity contribution >= 4 is 0 Å². The van der Waals surface area contributed by atoms with Crippen LogP contribution in [0.4, 0.5) is 0 Å². The minimum absolute atomic E-state index is 0.233. The number of pyridine rings is 1. The zero-order valence-electron chi connectivity index (χ0n) is 7.47. The molecule has 2 heteroatoms. The number of rotatable bonds is 2. The summed E-state index contributed by atoms with van der Waals surface area (Å²) >= 11 is 0. The van der Waals surface area contributed by atoms with Crippen molar-refractivity contribution in [2.45, 2.75) is 12.8 Å². The second-order valence-corrected chi connectivity index (χ2v) is 2.99. The van der Waals surface area contributed by atoms with Gasteiger partial charge in [0.05, 0.1) is 17.9 Å². The van der Waals surface area contributed by atoms with Gasteiger partial charge in [0.2, 0.25) is 0 Å². The van der Waals surface area contributed by atoms with Crippen molar-refractivity contribution in [3.05, 3.63) is 54.2 Å². The maximum Gasteiger partial charge on any atom is 0.112 e. The number of nitrogens with zero attached hydrogens (tertiary/aromatic N) is 1. The molecule has 2 heterocycles. The highest BCUT2D eigenvalue weighted by molar-refractivity contribution is 5.19. The molecule has 0 bridgehead atoms. The van der Waals surface area contributed by atoms with E-state index in [2.05, 4.69) is 11.9 Å². The van der Waals surface area contributed by atoms with Gasteiger partial charge < -0.3 is 4.42 Å². The predicted octanol–water partition coefficient (Wildman–Crippen LogP) is 2.83. The van der Waals surface area contributed by atoms with Gasteiger partial charge in [0.15, 0.2) is 0 Å². The Morgan fingerprint density at radius 2 is 2.15 bits per heavy atom. The molecule has 0 amide bonds. The smallest absolute Gasteiger partial charge is 0.112 e. The third kappa shape index (κ3) is 1.61. The van der Waals surface area contributed by atoms with Crippen molar-refractivity contribution in [1.29, 1.82) is 0 Å². The standard InChI is InChI=1S/C11H11NO/c1-9(11-6-4-8-13-11)10-5-2-3-7-12-10/h2-9H,1H3. The lowest BCUT2D eigenvalue weighted by molar-refractivity contribution is 0.493. The van der Waals surface area contributed by atoms with E-state index in [0.29, 0.717) is 0 Å². The summed E-state index contributed by atoms with van der Waals surface area (Å²) in [6.45, 7) is 2.08. The van der Waals surface area contributed by atoms with Crippen LogP contribution in [0.25, 0.3) is 0 Å². The molecular formula is C11H11NO. The number of hydrogen-bond acceptors (Lipinski definition) is 2. The first-order valence-corrected chi connectivity index (χ1v) is 4.32. The number of furan rings is 1. The van der Waals surface area contributed by atoms with Crippen LogP contribution in [0.15, 0.2) is 47.2 Å². The SMILES string of the molecule is CC(c1ccccn1)c1ccco1. The summed E-state index contributed by atoms with van der Waals surface area (Å²) in [7, 11) is 0. The van der Waals surface area contributed by atoms with Crippen molar-refractivity contribution in [3.8, 4) is 0 Å². The molecule has 0 saturated heterocycles. The monoisotopic (exact) mass is 173 g/mol. The lowest BCUT2D eigenvalue weighted by Crippen LogP contribution is -1.96. The van der Waals surface area contributed by atoms with Gasteiger partial charge in [-0.25, -0.2) is 0 Å². The first-order chi connectivity index (χ1) is 6.38. The molecule has 0 aliphatic heterocycles. The van der Waals surface area contributed by atoms with Gasteiger partial charge in [-0.3, -0.25) is 4.98 Å². The Hall–Kier alpha value is -1.57. The normalized spacial score (nSPS) is 12.7. The summed E-state index contributed by atoms with van der Waals surface area (Å²) in [6, 6.07) is 9.78. The molecule has 0 aliphatic carbocycles. The summed E-state index contributed by atoms with van der Waals surface area (Å²) in [6.07, 6.45) is 3.49. The Labute approximate surface area is 77.2 Å². The lowest BCUT2D eigenvalue weighted by atomic mass is 10.0. The van der Waals surface area contributed by atoms with Crippen LogP contribution in [0, 0.1) is 0 Å². The summed E-state index contributed by atoms with van der Waals surface area (Å²) in [5.41, 5.74) is 1.04. The summed E-state index contributed by atoms with van der Waals surface area (Å²) < 4.78 is 5.31. The second kappa shape index (κ2) is 3.44. The Morgan fingerprint density at radius 1 is 1.23 bits per heavy atom. The first-order valence-electron chi connectivity index (χ1n) is 4.32. The zero-order chi connectivity index (χ0) is 9.10. The van der Waals surface area contributed by atoms with Crippen molar-refractivity contribution in [2.75, 3.05) is 0 Å². The molecule has 2 aromatic rings. The van der Waals surface area contributed by atoms with Gasteiger partial charge in [0.1, 0.15) is 5.76 Å². The van der Waals surface area contributed by atoms with E-state index in [9.17, 15) is 0 Å². The van der Waals surface area contributed by atoms with Crippen LogP contribution >= 0.6 is 0 Å². The Bertz CT molecular complexity index is 353. The molecule has 2 aromatic heterocycles. The first kappa shape index (κ1) is 8.05. The van der Waals surface area contributed by atoms with Crippen LogP contribution in [-0.4, -0.2) is 4.98 Å². The molecule has 13 heavy (non-hydrogen) atoms. The lowest BCUT2D eigenvalue weighted by Gasteiger charge is -2.06. The zero-order valence-corrected chi connectivity index (χ0v) is 7.47. The summed E-state index contributed by atoms with van der Waals surface area (Å²) in [5.74, 6) is 1.19. The molecule has 0 saturated carbocycles. The van der Waals surface area contributed by atoms with Crippen LogP contribution < -0.4 is 0 Å². The van der Waals surface area contributed by atoms with Crippen molar-refractivity contribution < 1.29 is 4.42 Å². The third-order valence-corrected chi connectivity index (χ3v) is 2.10. The average molecular weight is 173 g/mol. The van der Waals surface area contributed by atoms with E-state index < -0.39 is 0 Å². The number of aromatic nitrogens is 1. The molecule has 2 nitrogen and oxygen atoms in total. The molecular weight excluding hydrogens is 162 g/mol. The van der Waals surface area contributed by atoms with E-state index in [4.69, 9.17) is 4.42 Å². The Morgan fingerprint density at radius 3 is 2.77 bits per heavy atom. The van der Waals surface area contributed by atoms with E-state index in [1.54, 1.807) is 12.5 Å². The summed E-state index contributed by atoms with van der Waals surface area (Å²) in [4.78, 5) is 4.27. The van der Waals surface area contributed by atoms with Crippen molar-refractivity contribution in [2.24, 2.45) is 0 Å². The predicted molar refractivity (Wildman–Crippen MR) is 50.5 cm³/mol. The van der Waals surface area contributed by atoms with E-state index in [1.807, 2.05) is 30.3 Å². The Balaban J connectivity index is 2.29. The van der Waals surface area contributed by atoms with E-state index >= 15 is 0 Å². The molecule has 66 valence electrons. The minimum atomic E-state index is 0.233. The second-order valence-electron chi connectivity index (χ2n) is 2.99. The van der Waals surface area contributed by atoms with Gasteiger partial charge in [-0.2, -0.15) is 0 Å². The van der Waals surface area contributed by atoms with Gasteiger partial charge in [0, 0.05) is 6.20 Å². The summed E-state index contributed by atoms with van der Waals surface area (Å²) in [5, 5.41) is 0. The molecule has 0 spiro atoms. The molecule has 0 aliphatic rings. The molecule has 0 fully saturated rings. The van der Waals surface area contributed by atoms with E-state index in [0.717, 1.165) is 11.5 Å². The van der Waals surface area contributed by atoms with Gasteiger partial charge in [0.25, 0.3) is 0 Å². The van der Waals surface area contributed by atoms with E-state index in [1.165, 1.54) is 0 Å². The molecule has 0 N–H and O–H groups in total. The van der Waals surface area contributed by atoms with Gasteiger partial charge >= 0.3 is 0 Å². The van der Waals surface area contributed by atoms with Gasteiger partial charge in [-0.1, -0.05) is 6.07 Å².